The van der Waals surface area contributed by atoms with Crippen molar-refractivity contribution in [3.8, 4) is 0 Å². The van der Waals surface area contributed by atoms with E-state index in [0.717, 1.165) is 36.5 Å². The van der Waals surface area contributed by atoms with E-state index in [1.807, 2.05) is 0 Å². The molecule has 4 aliphatic carbocycles. The summed E-state index contributed by atoms with van der Waals surface area (Å²) in [5.41, 5.74) is 18.9. The second-order valence-corrected chi connectivity index (χ2v) is 7.39. The second-order valence-electron chi connectivity index (χ2n) is 6.51. The molecule has 112 valence electrons. The van der Waals surface area contributed by atoms with E-state index >= 15 is 0 Å². The average Bonchev–Trinajstić information content (AvgIpc) is 3.03. The van der Waals surface area contributed by atoms with Crippen LogP contribution >= 0.6 is 24.4 Å². The molecule has 0 unspecified atom stereocenters. The molecule has 6 atom stereocenters. The van der Waals surface area contributed by atoms with Crippen LogP contribution in [0, 0.1) is 35.5 Å². The highest BCUT2D eigenvalue weighted by molar-refractivity contribution is 7.80. The van der Waals surface area contributed by atoms with Crippen molar-refractivity contribution in [3.05, 3.63) is 0 Å². The molecule has 0 amide bonds. The highest BCUT2D eigenvalue weighted by atomic mass is 32.1. The number of rotatable bonds is 2. The van der Waals surface area contributed by atoms with Crippen LogP contribution in [0.5, 0.6) is 0 Å². The summed E-state index contributed by atoms with van der Waals surface area (Å²) >= 11 is 9.70. The number of thiocarbonyl (C=S) groups is 2. The largest absolute Gasteiger partial charge is 0.375 e. The van der Waals surface area contributed by atoms with E-state index in [-0.39, 0.29) is 10.2 Å². The minimum atomic E-state index is 0.227. The van der Waals surface area contributed by atoms with E-state index in [4.69, 9.17) is 35.9 Å². The zero-order chi connectivity index (χ0) is 14.7. The molecule has 0 aliphatic heterocycles. The number of hydrazone groups is 2. The molecule has 8 heteroatoms. The highest BCUT2D eigenvalue weighted by Crippen LogP contribution is 2.68. The van der Waals surface area contributed by atoms with Gasteiger partial charge < -0.3 is 11.5 Å². The first-order valence-electron chi connectivity index (χ1n) is 7.30. The van der Waals surface area contributed by atoms with Crippen molar-refractivity contribution in [2.75, 3.05) is 0 Å². The smallest absolute Gasteiger partial charge is 0.184 e. The van der Waals surface area contributed by atoms with Crippen LogP contribution in [0.15, 0.2) is 10.2 Å². The molecule has 4 fully saturated rings. The van der Waals surface area contributed by atoms with Gasteiger partial charge in [0, 0.05) is 23.3 Å². The fourth-order valence-electron chi connectivity index (χ4n) is 5.42. The van der Waals surface area contributed by atoms with Crippen LogP contribution in [0.1, 0.15) is 19.3 Å². The maximum atomic E-state index is 5.49. The maximum Gasteiger partial charge on any atom is 0.184 e. The summed E-state index contributed by atoms with van der Waals surface area (Å²) in [4.78, 5) is 0. The van der Waals surface area contributed by atoms with E-state index in [1.54, 1.807) is 0 Å². The molecule has 0 heterocycles. The molecule has 21 heavy (non-hydrogen) atoms. The Morgan fingerprint density at radius 3 is 1.67 bits per heavy atom. The fourth-order valence-corrected chi connectivity index (χ4v) is 5.51. The molecular weight excluding hydrogens is 304 g/mol. The Bertz CT molecular complexity index is 531. The lowest BCUT2D eigenvalue weighted by molar-refractivity contribution is 0.242. The van der Waals surface area contributed by atoms with Crippen LogP contribution < -0.4 is 22.3 Å². The van der Waals surface area contributed by atoms with Crippen molar-refractivity contribution in [2.24, 2.45) is 57.2 Å². The molecule has 6 N–H and O–H groups in total. The van der Waals surface area contributed by atoms with Gasteiger partial charge in [-0.15, -0.1) is 0 Å². The molecule has 6 nitrogen and oxygen atoms in total. The predicted octanol–water partition coefficient (Wildman–Crippen LogP) is 0.287. The quantitative estimate of drug-likeness (QED) is 0.430. The minimum absolute atomic E-state index is 0.227. The summed E-state index contributed by atoms with van der Waals surface area (Å²) in [5.74, 6) is 4.00. The number of nitrogens with two attached hydrogens (primary N) is 2. The first-order chi connectivity index (χ1) is 10.1. The molecule has 0 aromatic rings. The van der Waals surface area contributed by atoms with Gasteiger partial charge in [0.15, 0.2) is 10.2 Å². The Morgan fingerprint density at radius 1 is 0.857 bits per heavy atom. The molecule has 0 radical (unpaired) electrons. The van der Waals surface area contributed by atoms with Gasteiger partial charge in [-0.3, -0.25) is 10.9 Å². The normalized spacial score (nSPS) is 45.5. The number of nitrogens with one attached hydrogen (secondary N) is 2. The van der Waals surface area contributed by atoms with Crippen molar-refractivity contribution < 1.29 is 0 Å². The molecule has 0 aromatic heterocycles. The Kier molecular flexibility index (Phi) is 2.94. The standard InChI is InChI=1S/C13H18N6S2/c14-12(20)18-16-8-2-4-5-3-9(17-19-13(15)21)11-7(5)1-6(4)10(8)11/h4-7,10-11H,1-3H2,(H3,14,18,20)(H3,15,19,21)/b16-8+,17-9+/t4-,5+,6-,7+,10-,11-/m1/s1. The molecule has 4 rings (SSSR count). The minimum Gasteiger partial charge on any atom is -0.375 e. The summed E-state index contributed by atoms with van der Waals surface area (Å²) in [6.07, 6.45) is 3.47. The van der Waals surface area contributed by atoms with Crippen LogP contribution in [0.3, 0.4) is 0 Å². The van der Waals surface area contributed by atoms with Crippen LogP contribution in [-0.2, 0) is 0 Å². The van der Waals surface area contributed by atoms with Crippen molar-refractivity contribution in [1.29, 1.82) is 0 Å². The van der Waals surface area contributed by atoms with Crippen molar-refractivity contribution in [1.82, 2.24) is 10.9 Å². The second kappa shape index (κ2) is 4.61. The van der Waals surface area contributed by atoms with Crippen molar-refractivity contribution in [2.45, 2.75) is 19.3 Å². The van der Waals surface area contributed by atoms with E-state index < -0.39 is 0 Å². The third kappa shape index (κ3) is 1.88. The van der Waals surface area contributed by atoms with Crippen molar-refractivity contribution >= 4 is 46.1 Å². The van der Waals surface area contributed by atoms with E-state index in [1.165, 1.54) is 17.8 Å². The van der Waals surface area contributed by atoms with E-state index in [2.05, 4.69) is 21.1 Å². The fraction of sp³-hybridized carbons (Fsp3) is 0.692. The summed E-state index contributed by atoms with van der Waals surface area (Å²) in [7, 11) is 0. The summed E-state index contributed by atoms with van der Waals surface area (Å²) < 4.78 is 0. The van der Waals surface area contributed by atoms with Gasteiger partial charge in [0.2, 0.25) is 0 Å². The van der Waals surface area contributed by atoms with Crippen LogP contribution in [0.2, 0.25) is 0 Å². The van der Waals surface area contributed by atoms with Gasteiger partial charge in [-0.25, -0.2) is 0 Å². The first-order valence-corrected chi connectivity index (χ1v) is 8.11. The van der Waals surface area contributed by atoms with Crippen molar-refractivity contribution in [3.63, 3.8) is 0 Å². The molecule has 0 spiro atoms. The Labute approximate surface area is 133 Å². The summed E-state index contributed by atoms with van der Waals surface area (Å²) in [5, 5.41) is 9.39. The number of fused-ring (bicyclic) bond motifs is 2. The summed E-state index contributed by atoms with van der Waals surface area (Å²) in [6, 6.07) is 0. The number of nitrogens with zero attached hydrogens (tertiary/aromatic N) is 2. The molecule has 0 aromatic carbocycles. The lowest BCUT2D eigenvalue weighted by atomic mass is 9.79. The van der Waals surface area contributed by atoms with Gasteiger partial charge in [0.1, 0.15) is 0 Å². The zero-order valence-electron chi connectivity index (χ0n) is 11.5. The Balaban J connectivity index is 1.63. The van der Waals surface area contributed by atoms with Gasteiger partial charge in [-0.1, -0.05) is 0 Å². The monoisotopic (exact) mass is 322 g/mol. The lowest BCUT2D eigenvalue weighted by Gasteiger charge is -2.24. The van der Waals surface area contributed by atoms with Gasteiger partial charge in [-0.05, 0) is 67.4 Å². The molecule has 4 aliphatic rings. The number of hydrogen-bond donors (Lipinski definition) is 4. The van der Waals surface area contributed by atoms with Gasteiger partial charge in [0.25, 0.3) is 0 Å². The third-order valence-corrected chi connectivity index (χ3v) is 5.96. The zero-order valence-corrected chi connectivity index (χ0v) is 13.1. The molecule has 4 saturated carbocycles. The predicted molar refractivity (Wildman–Crippen MR) is 89.5 cm³/mol. The molecular formula is C13H18N6S2. The van der Waals surface area contributed by atoms with Crippen LogP contribution in [0.25, 0.3) is 0 Å². The lowest BCUT2D eigenvalue weighted by Crippen LogP contribution is -2.31. The SMILES string of the molecule is NC(=S)N/N=C1\C[C@@H]2[C@@H]3C/C(=N\NC(N)=S)[C@H]4[C@H]3C[C@H]2[C@H]14. The van der Waals surface area contributed by atoms with E-state index in [9.17, 15) is 0 Å². The maximum absolute atomic E-state index is 5.49. The molecule has 0 saturated heterocycles. The van der Waals surface area contributed by atoms with Gasteiger partial charge in [-0.2, -0.15) is 10.2 Å². The Morgan fingerprint density at radius 2 is 1.29 bits per heavy atom. The summed E-state index contributed by atoms with van der Waals surface area (Å²) in [6.45, 7) is 0. The van der Waals surface area contributed by atoms with Crippen LogP contribution in [-0.4, -0.2) is 21.6 Å². The first kappa shape index (κ1) is 13.4. The topological polar surface area (TPSA) is 101 Å². The van der Waals surface area contributed by atoms with Gasteiger partial charge in [0.05, 0.1) is 0 Å². The third-order valence-electron chi connectivity index (χ3n) is 5.78. The van der Waals surface area contributed by atoms with Crippen LogP contribution in [0.4, 0.5) is 0 Å². The highest BCUT2D eigenvalue weighted by Gasteiger charge is 2.67. The van der Waals surface area contributed by atoms with Gasteiger partial charge >= 0.3 is 0 Å². The molecule has 2 bridgehead atoms. The van der Waals surface area contributed by atoms with E-state index in [0.29, 0.717) is 11.8 Å². The average molecular weight is 322 g/mol. The number of hydrogen-bond acceptors (Lipinski definition) is 4. The Hall–Kier alpha value is -1.28.